The predicted octanol–water partition coefficient (Wildman–Crippen LogP) is 2.11. The zero-order chi connectivity index (χ0) is 7.40. The molecule has 1 nitrogen and oxygen atoms in total. The van der Waals surface area contributed by atoms with Gasteiger partial charge in [0.2, 0.25) is 0 Å². The molecular weight excluding hydrogens is 124 g/mol. The molecule has 0 spiro atoms. The molecule has 0 aliphatic heterocycles. The van der Waals surface area contributed by atoms with Crippen molar-refractivity contribution in [3.8, 4) is 0 Å². The van der Waals surface area contributed by atoms with Gasteiger partial charge in [-0.15, -0.1) is 0 Å². The van der Waals surface area contributed by atoms with Crippen LogP contribution in [0, 0.1) is 5.92 Å². The van der Waals surface area contributed by atoms with Crippen molar-refractivity contribution >= 4 is 0 Å². The van der Waals surface area contributed by atoms with Gasteiger partial charge in [0.15, 0.2) is 0 Å². The van der Waals surface area contributed by atoms with Crippen LogP contribution >= 0.6 is 0 Å². The molecule has 1 heteroatoms. The Hall–Kier alpha value is -0.300. The van der Waals surface area contributed by atoms with Gasteiger partial charge in [-0.1, -0.05) is 18.6 Å². The van der Waals surface area contributed by atoms with Gasteiger partial charge < -0.3 is 5.11 Å². The fourth-order valence-corrected chi connectivity index (χ4v) is 1.60. The Morgan fingerprint density at radius 2 is 2.30 bits per heavy atom. The van der Waals surface area contributed by atoms with Crippen LogP contribution in [0.25, 0.3) is 0 Å². The molecule has 0 unspecified atom stereocenters. The van der Waals surface area contributed by atoms with E-state index < -0.39 is 0 Å². The first-order chi connectivity index (χ1) is 4.84. The van der Waals surface area contributed by atoms with Crippen LogP contribution < -0.4 is 0 Å². The lowest BCUT2D eigenvalue weighted by molar-refractivity contribution is 0.134. The third-order valence-corrected chi connectivity index (χ3v) is 2.29. The molecule has 0 saturated heterocycles. The summed E-state index contributed by atoms with van der Waals surface area (Å²) >= 11 is 0. The minimum Gasteiger partial charge on any atom is -0.393 e. The second-order valence-corrected chi connectivity index (χ2v) is 3.06. The SMILES string of the molecule is C/C=C/C[C@@H]1CCC[C@@H]1O. The minimum atomic E-state index is -0.0174. The van der Waals surface area contributed by atoms with Crippen LogP contribution in [0.5, 0.6) is 0 Å². The fraction of sp³-hybridized carbons (Fsp3) is 0.778. The van der Waals surface area contributed by atoms with Crippen LogP contribution in [0.3, 0.4) is 0 Å². The average molecular weight is 140 g/mol. The molecule has 1 aliphatic rings. The van der Waals surface area contributed by atoms with E-state index in [9.17, 15) is 5.11 Å². The summed E-state index contributed by atoms with van der Waals surface area (Å²) in [5, 5.41) is 9.38. The summed E-state index contributed by atoms with van der Waals surface area (Å²) in [6.07, 6.45) is 8.70. The van der Waals surface area contributed by atoms with Gasteiger partial charge in [0.1, 0.15) is 0 Å². The van der Waals surface area contributed by atoms with Crippen LogP contribution in [0.15, 0.2) is 12.2 Å². The Morgan fingerprint density at radius 3 is 2.80 bits per heavy atom. The molecule has 1 rings (SSSR count). The van der Waals surface area contributed by atoms with Gasteiger partial charge in [0.05, 0.1) is 6.10 Å². The monoisotopic (exact) mass is 140 g/mol. The highest BCUT2D eigenvalue weighted by Crippen LogP contribution is 2.28. The summed E-state index contributed by atoms with van der Waals surface area (Å²) in [5.41, 5.74) is 0. The van der Waals surface area contributed by atoms with Crippen molar-refractivity contribution in [3.63, 3.8) is 0 Å². The summed E-state index contributed by atoms with van der Waals surface area (Å²) in [5.74, 6) is 0.552. The molecule has 0 aromatic rings. The van der Waals surface area contributed by atoms with E-state index >= 15 is 0 Å². The van der Waals surface area contributed by atoms with Gasteiger partial charge in [0, 0.05) is 0 Å². The molecule has 2 atom stereocenters. The first-order valence-corrected chi connectivity index (χ1v) is 4.14. The topological polar surface area (TPSA) is 20.2 Å². The molecular formula is C9H16O. The van der Waals surface area contributed by atoms with Crippen LogP contribution in [-0.2, 0) is 0 Å². The summed E-state index contributed by atoms with van der Waals surface area (Å²) in [6.45, 7) is 2.03. The first-order valence-electron chi connectivity index (χ1n) is 4.14. The van der Waals surface area contributed by atoms with Crippen molar-refractivity contribution in [2.24, 2.45) is 5.92 Å². The highest BCUT2D eigenvalue weighted by Gasteiger charge is 2.23. The van der Waals surface area contributed by atoms with E-state index in [0.717, 1.165) is 12.8 Å². The molecule has 0 aromatic carbocycles. The van der Waals surface area contributed by atoms with E-state index in [1.807, 2.05) is 6.92 Å². The van der Waals surface area contributed by atoms with Gasteiger partial charge in [-0.3, -0.25) is 0 Å². The Morgan fingerprint density at radius 1 is 1.50 bits per heavy atom. The van der Waals surface area contributed by atoms with Crippen molar-refractivity contribution in [2.45, 2.75) is 38.7 Å². The van der Waals surface area contributed by atoms with Gasteiger partial charge in [-0.05, 0) is 32.1 Å². The fourth-order valence-electron chi connectivity index (χ4n) is 1.60. The molecule has 1 N–H and O–H groups in total. The number of aliphatic hydroxyl groups excluding tert-OH is 1. The summed E-state index contributed by atoms with van der Waals surface area (Å²) in [4.78, 5) is 0. The van der Waals surface area contributed by atoms with E-state index in [0.29, 0.717) is 5.92 Å². The van der Waals surface area contributed by atoms with Crippen LogP contribution in [-0.4, -0.2) is 11.2 Å². The van der Waals surface area contributed by atoms with Crippen molar-refractivity contribution in [2.75, 3.05) is 0 Å². The lowest BCUT2D eigenvalue weighted by Gasteiger charge is -2.10. The van der Waals surface area contributed by atoms with Crippen molar-refractivity contribution < 1.29 is 5.11 Å². The largest absolute Gasteiger partial charge is 0.393 e. The molecule has 0 amide bonds. The lowest BCUT2D eigenvalue weighted by atomic mass is 10.0. The van der Waals surface area contributed by atoms with Crippen LogP contribution in [0.2, 0.25) is 0 Å². The summed E-state index contributed by atoms with van der Waals surface area (Å²) in [6, 6.07) is 0. The number of hydrogen-bond donors (Lipinski definition) is 1. The Balaban J connectivity index is 2.26. The van der Waals surface area contributed by atoms with E-state index in [4.69, 9.17) is 0 Å². The summed E-state index contributed by atoms with van der Waals surface area (Å²) in [7, 11) is 0. The predicted molar refractivity (Wildman–Crippen MR) is 42.8 cm³/mol. The van der Waals surface area contributed by atoms with Crippen molar-refractivity contribution in [1.82, 2.24) is 0 Å². The number of aliphatic hydroxyl groups is 1. The van der Waals surface area contributed by atoms with E-state index in [2.05, 4.69) is 12.2 Å². The zero-order valence-corrected chi connectivity index (χ0v) is 6.59. The van der Waals surface area contributed by atoms with E-state index in [1.54, 1.807) is 0 Å². The number of hydrogen-bond acceptors (Lipinski definition) is 1. The maximum Gasteiger partial charge on any atom is 0.0571 e. The van der Waals surface area contributed by atoms with Crippen molar-refractivity contribution in [1.29, 1.82) is 0 Å². The average Bonchev–Trinajstić information content (AvgIpc) is 2.31. The smallest absolute Gasteiger partial charge is 0.0571 e. The maximum atomic E-state index is 9.38. The van der Waals surface area contributed by atoms with Gasteiger partial charge in [-0.2, -0.15) is 0 Å². The molecule has 0 bridgehead atoms. The van der Waals surface area contributed by atoms with E-state index in [1.165, 1.54) is 12.8 Å². The third-order valence-electron chi connectivity index (χ3n) is 2.29. The molecule has 1 aliphatic carbocycles. The number of allylic oxidation sites excluding steroid dienone is 2. The molecule has 0 radical (unpaired) electrons. The second kappa shape index (κ2) is 3.77. The molecule has 58 valence electrons. The van der Waals surface area contributed by atoms with Crippen LogP contribution in [0.4, 0.5) is 0 Å². The van der Waals surface area contributed by atoms with Gasteiger partial charge >= 0.3 is 0 Å². The Bertz CT molecular complexity index is 118. The Kier molecular flexibility index (Phi) is 2.94. The summed E-state index contributed by atoms with van der Waals surface area (Å²) < 4.78 is 0. The van der Waals surface area contributed by atoms with Crippen LogP contribution in [0.1, 0.15) is 32.6 Å². The molecule has 0 heterocycles. The van der Waals surface area contributed by atoms with E-state index in [-0.39, 0.29) is 6.10 Å². The van der Waals surface area contributed by atoms with Crippen molar-refractivity contribution in [3.05, 3.63) is 12.2 Å². The zero-order valence-electron chi connectivity index (χ0n) is 6.59. The standard InChI is InChI=1S/C9H16O/c1-2-3-5-8-6-4-7-9(8)10/h2-3,8-10H,4-7H2,1H3/b3-2+/t8-,9+/m1/s1. The molecule has 10 heavy (non-hydrogen) atoms. The first kappa shape index (κ1) is 7.80. The molecule has 1 saturated carbocycles. The Labute approximate surface area is 62.8 Å². The quantitative estimate of drug-likeness (QED) is 0.582. The minimum absolute atomic E-state index is 0.0174. The second-order valence-electron chi connectivity index (χ2n) is 3.06. The van der Waals surface area contributed by atoms with Gasteiger partial charge in [0.25, 0.3) is 0 Å². The maximum absolute atomic E-state index is 9.38. The molecule has 0 aromatic heterocycles. The highest BCUT2D eigenvalue weighted by molar-refractivity contribution is 4.86. The van der Waals surface area contributed by atoms with Gasteiger partial charge in [-0.25, -0.2) is 0 Å². The highest BCUT2D eigenvalue weighted by atomic mass is 16.3. The molecule has 1 fully saturated rings. The number of rotatable bonds is 2. The lowest BCUT2D eigenvalue weighted by Crippen LogP contribution is -2.11. The normalized spacial score (nSPS) is 33.8. The third kappa shape index (κ3) is 1.84.